The molecule has 0 bridgehead atoms. The molecule has 1 unspecified atom stereocenters. The molecule has 0 amide bonds. The third-order valence-electron chi connectivity index (χ3n) is 3.04. The molecule has 1 fully saturated rings. The Labute approximate surface area is 112 Å². The van der Waals surface area contributed by atoms with Crippen LogP contribution in [0.2, 0.25) is 0 Å². The number of aromatic nitrogens is 1. The lowest BCUT2D eigenvalue weighted by atomic mass is 10.1. The van der Waals surface area contributed by atoms with Crippen LogP contribution in [0.3, 0.4) is 0 Å². The Morgan fingerprint density at radius 2 is 2.39 bits per heavy atom. The van der Waals surface area contributed by atoms with E-state index in [9.17, 15) is 0 Å². The standard InChI is InChI=1S/C13H18N2O2S/c1-8-5-11(12(13(14)18)9(2)15-8)17-7-10-3-4-16-6-10/h5,10H,3-4,6-7H2,1-2H3,(H2,14,18). The molecule has 1 aliphatic rings. The lowest BCUT2D eigenvalue weighted by Crippen LogP contribution is -2.18. The van der Waals surface area contributed by atoms with Crippen molar-refractivity contribution in [1.29, 1.82) is 0 Å². The molecule has 1 aliphatic heterocycles. The maximum absolute atomic E-state index is 5.86. The van der Waals surface area contributed by atoms with Gasteiger partial charge in [-0.15, -0.1) is 0 Å². The number of hydrogen-bond acceptors (Lipinski definition) is 4. The molecule has 0 aromatic carbocycles. The molecule has 2 N–H and O–H groups in total. The van der Waals surface area contributed by atoms with Crippen molar-refractivity contribution in [2.75, 3.05) is 19.8 Å². The number of ether oxygens (including phenoxy) is 2. The van der Waals surface area contributed by atoms with Gasteiger partial charge in [-0.05, 0) is 20.3 Å². The van der Waals surface area contributed by atoms with E-state index in [1.165, 1.54) is 0 Å². The molecule has 2 heterocycles. The summed E-state index contributed by atoms with van der Waals surface area (Å²) >= 11 is 5.06. The normalized spacial score (nSPS) is 18.9. The summed E-state index contributed by atoms with van der Waals surface area (Å²) in [6.07, 6.45) is 1.05. The van der Waals surface area contributed by atoms with Gasteiger partial charge in [0.1, 0.15) is 10.7 Å². The van der Waals surface area contributed by atoms with Gasteiger partial charge in [0, 0.05) is 24.3 Å². The maximum Gasteiger partial charge on any atom is 0.133 e. The highest BCUT2D eigenvalue weighted by Gasteiger charge is 2.18. The summed E-state index contributed by atoms with van der Waals surface area (Å²) < 4.78 is 11.2. The van der Waals surface area contributed by atoms with Gasteiger partial charge >= 0.3 is 0 Å². The van der Waals surface area contributed by atoms with Crippen LogP contribution >= 0.6 is 12.2 Å². The third kappa shape index (κ3) is 2.97. The first-order valence-electron chi connectivity index (χ1n) is 6.06. The van der Waals surface area contributed by atoms with Gasteiger partial charge in [0.05, 0.1) is 24.5 Å². The molecule has 0 spiro atoms. The fourth-order valence-corrected chi connectivity index (χ4v) is 2.38. The molecule has 0 aliphatic carbocycles. The lowest BCUT2D eigenvalue weighted by Gasteiger charge is -2.15. The molecule has 0 radical (unpaired) electrons. The predicted octanol–water partition coefficient (Wildman–Crippen LogP) is 1.75. The molecule has 18 heavy (non-hydrogen) atoms. The minimum Gasteiger partial charge on any atom is -0.492 e. The summed E-state index contributed by atoms with van der Waals surface area (Å²) in [5.74, 6) is 1.19. The zero-order valence-corrected chi connectivity index (χ0v) is 11.5. The number of nitrogens with two attached hydrogens (primary N) is 1. The molecule has 1 atom stereocenters. The summed E-state index contributed by atoms with van der Waals surface area (Å²) in [4.78, 5) is 4.69. The highest BCUT2D eigenvalue weighted by Crippen LogP contribution is 2.24. The first kappa shape index (κ1) is 13.2. The van der Waals surface area contributed by atoms with Crippen LogP contribution in [0.15, 0.2) is 6.07 Å². The molecule has 98 valence electrons. The first-order chi connectivity index (χ1) is 8.58. The molecule has 1 saturated heterocycles. The van der Waals surface area contributed by atoms with Crippen LogP contribution in [-0.2, 0) is 4.74 Å². The van der Waals surface area contributed by atoms with Crippen LogP contribution in [0.25, 0.3) is 0 Å². The van der Waals surface area contributed by atoms with E-state index in [1.54, 1.807) is 0 Å². The monoisotopic (exact) mass is 266 g/mol. The van der Waals surface area contributed by atoms with Gasteiger partial charge in [0.15, 0.2) is 0 Å². The quantitative estimate of drug-likeness (QED) is 0.841. The van der Waals surface area contributed by atoms with E-state index >= 15 is 0 Å². The highest BCUT2D eigenvalue weighted by atomic mass is 32.1. The number of pyridine rings is 1. The third-order valence-corrected chi connectivity index (χ3v) is 3.24. The Kier molecular flexibility index (Phi) is 4.14. The Balaban J connectivity index is 2.16. The van der Waals surface area contributed by atoms with Crippen LogP contribution in [0.5, 0.6) is 5.75 Å². The fourth-order valence-electron chi connectivity index (χ4n) is 2.13. The number of rotatable bonds is 4. The number of aryl methyl sites for hydroxylation is 2. The summed E-state index contributed by atoms with van der Waals surface area (Å²) in [6, 6.07) is 1.89. The van der Waals surface area contributed by atoms with Crippen LogP contribution < -0.4 is 10.5 Å². The average Bonchev–Trinajstić information content (AvgIpc) is 2.77. The number of nitrogens with zero attached hydrogens (tertiary/aromatic N) is 1. The molecular weight excluding hydrogens is 248 g/mol. The predicted molar refractivity (Wildman–Crippen MR) is 74.0 cm³/mol. The van der Waals surface area contributed by atoms with Crippen molar-refractivity contribution >= 4 is 17.2 Å². The Hall–Kier alpha value is -1.20. The summed E-state index contributed by atoms with van der Waals surface area (Å²) in [6.45, 7) is 6.06. The van der Waals surface area contributed by atoms with Gasteiger partial charge in [-0.1, -0.05) is 12.2 Å². The van der Waals surface area contributed by atoms with Crippen LogP contribution in [0.1, 0.15) is 23.4 Å². The van der Waals surface area contributed by atoms with E-state index in [-0.39, 0.29) is 0 Å². The lowest BCUT2D eigenvalue weighted by molar-refractivity contribution is 0.167. The largest absolute Gasteiger partial charge is 0.492 e. The van der Waals surface area contributed by atoms with E-state index in [0.29, 0.717) is 17.5 Å². The topological polar surface area (TPSA) is 57.4 Å². The van der Waals surface area contributed by atoms with Crippen molar-refractivity contribution in [2.24, 2.45) is 11.7 Å². The molecule has 4 nitrogen and oxygen atoms in total. The van der Waals surface area contributed by atoms with Crippen molar-refractivity contribution in [3.8, 4) is 5.75 Å². The van der Waals surface area contributed by atoms with Crippen molar-refractivity contribution in [1.82, 2.24) is 4.98 Å². The average molecular weight is 266 g/mol. The van der Waals surface area contributed by atoms with E-state index in [4.69, 9.17) is 27.4 Å². The highest BCUT2D eigenvalue weighted by molar-refractivity contribution is 7.80. The van der Waals surface area contributed by atoms with E-state index in [0.717, 1.165) is 42.3 Å². The maximum atomic E-state index is 5.86. The fraction of sp³-hybridized carbons (Fsp3) is 0.538. The molecule has 1 aromatic rings. The number of hydrogen-bond donors (Lipinski definition) is 1. The van der Waals surface area contributed by atoms with E-state index in [1.807, 2.05) is 19.9 Å². The van der Waals surface area contributed by atoms with Crippen molar-refractivity contribution in [3.05, 3.63) is 23.0 Å². The van der Waals surface area contributed by atoms with Crippen LogP contribution in [0.4, 0.5) is 0 Å². The Bertz CT molecular complexity index is 457. The van der Waals surface area contributed by atoms with E-state index < -0.39 is 0 Å². The van der Waals surface area contributed by atoms with Crippen LogP contribution in [-0.4, -0.2) is 29.8 Å². The van der Waals surface area contributed by atoms with Gasteiger partial charge in [-0.3, -0.25) is 4.98 Å². The van der Waals surface area contributed by atoms with Gasteiger partial charge in [-0.25, -0.2) is 0 Å². The summed E-state index contributed by atoms with van der Waals surface area (Å²) in [5, 5.41) is 0. The molecule has 0 saturated carbocycles. The van der Waals surface area contributed by atoms with E-state index in [2.05, 4.69) is 4.98 Å². The van der Waals surface area contributed by atoms with Gasteiger partial charge in [0.2, 0.25) is 0 Å². The summed E-state index contributed by atoms with van der Waals surface area (Å²) in [7, 11) is 0. The van der Waals surface area contributed by atoms with Gasteiger partial charge < -0.3 is 15.2 Å². The first-order valence-corrected chi connectivity index (χ1v) is 6.47. The minimum atomic E-state index is 0.331. The van der Waals surface area contributed by atoms with Crippen molar-refractivity contribution in [3.63, 3.8) is 0 Å². The Morgan fingerprint density at radius 1 is 1.61 bits per heavy atom. The van der Waals surface area contributed by atoms with Gasteiger partial charge in [-0.2, -0.15) is 0 Å². The van der Waals surface area contributed by atoms with Crippen LogP contribution in [0, 0.1) is 19.8 Å². The zero-order chi connectivity index (χ0) is 13.1. The second-order valence-electron chi connectivity index (χ2n) is 4.63. The molecular formula is C13H18N2O2S. The van der Waals surface area contributed by atoms with Gasteiger partial charge in [0.25, 0.3) is 0 Å². The second-order valence-corrected chi connectivity index (χ2v) is 5.07. The summed E-state index contributed by atoms with van der Waals surface area (Å²) in [5.41, 5.74) is 8.21. The smallest absolute Gasteiger partial charge is 0.133 e. The Morgan fingerprint density at radius 3 is 3.00 bits per heavy atom. The van der Waals surface area contributed by atoms with Crippen molar-refractivity contribution < 1.29 is 9.47 Å². The molecule has 2 rings (SSSR count). The molecule has 1 aromatic heterocycles. The number of thiocarbonyl (C=S) groups is 1. The molecule has 5 heteroatoms. The minimum absolute atomic E-state index is 0.331. The SMILES string of the molecule is Cc1cc(OCC2CCOC2)c(C(N)=S)c(C)n1. The van der Waals surface area contributed by atoms with Crippen molar-refractivity contribution in [2.45, 2.75) is 20.3 Å². The second kappa shape index (κ2) is 5.63. The zero-order valence-electron chi connectivity index (χ0n) is 10.7.